The maximum Gasteiger partial charge on any atom is 0.226 e. The quantitative estimate of drug-likeness (QED) is 0.183. The highest BCUT2D eigenvalue weighted by molar-refractivity contribution is 14.0. The van der Waals surface area contributed by atoms with Crippen LogP contribution in [-0.4, -0.2) is 44.7 Å². The van der Waals surface area contributed by atoms with Crippen LogP contribution in [0.2, 0.25) is 0 Å². The summed E-state index contributed by atoms with van der Waals surface area (Å²) in [7, 11) is 0. The van der Waals surface area contributed by atoms with Crippen LogP contribution in [0.5, 0.6) is 0 Å². The Bertz CT molecular complexity index is 570. The minimum Gasteiger partial charge on any atom is -0.382 e. The van der Waals surface area contributed by atoms with E-state index in [0.717, 1.165) is 41.3 Å². The average molecular weight is 541 g/mol. The summed E-state index contributed by atoms with van der Waals surface area (Å²) in [6.07, 6.45) is 1.25. The predicted molar refractivity (Wildman–Crippen MR) is 123 cm³/mol. The number of carbonyl (C=O) groups is 1. The zero-order valence-corrected chi connectivity index (χ0v) is 19.6. The average Bonchev–Trinajstić information content (AvgIpc) is 2.58. The molecule has 0 saturated carbocycles. The van der Waals surface area contributed by atoms with Crippen molar-refractivity contribution < 1.29 is 9.53 Å². The SMILES string of the molecule is CCNC(=NCCCOCC)NCCC(=O)Nc1cc(Br)ccc1C.I. The number of aryl methyl sites for hydroxylation is 1. The van der Waals surface area contributed by atoms with Crippen molar-refractivity contribution in [3.05, 3.63) is 28.2 Å². The number of anilines is 1. The number of amides is 1. The lowest BCUT2D eigenvalue weighted by Gasteiger charge is -2.12. The fraction of sp³-hybridized carbons (Fsp3) is 0.556. The summed E-state index contributed by atoms with van der Waals surface area (Å²) in [6, 6.07) is 5.83. The number of ether oxygens (including phenoxy) is 1. The molecule has 0 bridgehead atoms. The maximum atomic E-state index is 12.1. The number of nitrogens with one attached hydrogen (secondary N) is 3. The Morgan fingerprint density at radius 1 is 1.27 bits per heavy atom. The molecule has 8 heteroatoms. The molecule has 0 saturated heterocycles. The van der Waals surface area contributed by atoms with Gasteiger partial charge in [0, 0.05) is 49.4 Å². The summed E-state index contributed by atoms with van der Waals surface area (Å²) in [5.41, 5.74) is 1.87. The smallest absolute Gasteiger partial charge is 0.226 e. The molecule has 0 aliphatic heterocycles. The van der Waals surface area contributed by atoms with Gasteiger partial charge in [0.2, 0.25) is 5.91 Å². The second-order valence-corrected chi connectivity index (χ2v) is 6.41. The van der Waals surface area contributed by atoms with Crippen molar-refractivity contribution in [3.8, 4) is 0 Å². The molecule has 0 unspecified atom stereocenters. The molecule has 1 amide bonds. The fourth-order valence-corrected chi connectivity index (χ4v) is 2.44. The van der Waals surface area contributed by atoms with Gasteiger partial charge in [-0.25, -0.2) is 0 Å². The van der Waals surface area contributed by atoms with Crippen molar-refractivity contribution in [1.29, 1.82) is 0 Å². The van der Waals surface area contributed by atoms with E-state index in [1.165, 1.54) is 0 Å². The molecule has 0 heterocycles. The third-order valence-electron chi connectivity index (χ3n) is 3.38. The second kappa shape index (κ2) is 15.2. The van der Waals surface area contributed by atoms with Gasteiger partial charge in [-0.3, -0.25) is 9.79 Å². The molecule has 1 aromatic rings. The van der Waals surface area contributed by atoms with Gasteiger partial charge in [-0.1, -0.05) is 22.0 Å². The minimum atomic E-state index is -0.0269. The van der Waals surface area contributed by atoms with Crippen LogP contribution < -0.4 is 16.0 Å². The largest absolute Gasteiger partial charge is 0.382 e. The van der Waals surface area contributed by atoms with Crippen LogP contribution in [-0.2, 0) is 9.53 Å². The summed E-state index contributed by atoms with van der Waals surface area (Å²) in [5.74, 6) is 0.700. The van der Waals surface area contributed by atoms with Crippen LogP contribution in [0.15, 0.2) is 27.7 Å². The van der Waals surface area contributed by atoms with Crippen LogP contribution in [0.1, 0.15) is 32.3 Å². The first-order valence-corrected chi connectivity index (χ1v) is 9.52. The molecule has 0 aliphatic carbocycles. The van der Waals surface area contributed by atoms with Crippen LogP contribution in [0.4, 0.5) is 5.69 Å². The highest BCUT2D eigenvalue weighted by atomic mass is 127. The Balaban J connectivity index is 0.00000625. The Hall–Kier alpha value is -0.870. The van der Waals surface area contributed by atoms with Crippen LogP contribution >= 0.6 is 39.9 Å². The van der Waals surface area contributed by atoms with Gasteiger partial charge in [0.15, 0.2) is 5.96 Å². The number of benzene rings is 1. The van der Waals surface area contributed by atoms with E-state index in [-0.39, 0.29) is 29.9 Å². The summed E-state index contributed by atoms with van der Waals surface area (Å²) in [4.78, 5) is 16.6. The number of hydrogen-bond donors (Lipinski definition) is 3. The number of aliphatic imine (C=N–C) groups is 1. The van der Waals surface area contributed by atoms with Crippen molar-refractivity contribution in [2.45, 2.75) is 33.6 Å². The third-order valence-corrected chi connectivity index (χ3v) is 3.88. The Kier molecular flexibility index (Phi) is 14.7. The zero-order valence-electron chi connectivity index (χ0n) is 15.7. The Morgan fingerprint density at radius 3 is 2.73 bits per heavy atom. The van der Waals surface area contributed by atoms with Crippen molar-refractivity contribution in [2.24, 2.45) is 4.99 Å². The topological polar surface area (TPSA) is 74.8 Å². The molecule has 0 aromatic heterocycles. The van der Waals surface area contributed by atoms with Crippen LogP contribution in [0.3, 0.4) is 0 Å². The predicted octanol–water partition coefficient (Wildman–Crippen LogP) is 3.69. The molecule has 0 aliphatic rings. The number of hydrogen-bond acceptors (Lipinski definition) is 3. The van der Waals surface area contributed by atoms with Crippen molar-refractivity contribution in [1.82, 2.24) is 10.6 Å². The van der Waals surface area contributed by atoms with Crippen molar-refractivity contribution in [2.75, 3.05) is 38.2 Å². The van der Waals surface area contributed by atoms with Crippen molar-refractivity contribution in [3.63, 3.8) is 0 Å². The number of carbonyl (C=O) groups excluding carboxylic acids is 1. The van der Waals surface area contributed by atoms with Gasteiger partial charge in [-0.2, -0.15) is 0 Å². The van der Waals surface area contributed by atoms with E-state index in [0.29, 0.717) is 26.1 Å². The van der Waals surface area contributed by atoms with E-state index in [9.17, 15) is 4.79 Å². The monoisotopic (exact) mass is 540 g/mol. The van der Waals surface area contributed by atoms with Gasteiger partial charge in [0.25, 0.3) is 0 Å². The molecule has 0 fully saturated rings. The summed E-state index contributed by atoms with van der Waals surface area (Å²) < 4.78 is 6.24. The summed E-state index contributed by atoms with van der Waals surface area (Å²) in [5, 5.41) is 9.29. The molecule has 1 rings (SSSR count). The molecule has 0 atom stereocenters. The van der Waals surface area contributed by atoms with E-state index in [1.807, 2.05) is 39.0 Å². The number of nitrogens with zero attached hydrogens (tertiary/aromatic N) is 1. The maximum absolute atomic E-state index is 12.1. The van der Waals surface area contributed by atoms with E-state index >= 15 is 0 Å². The summed E-state index contributed by atoms with van der Waals surface area (Å²) in [6.45, 7) is 9.41. The molecule has 3 N–H and O–H groups in total. The van der Waals surface area contributed by atoms with Gasteiger partial charge in [-0.15, -0.1) is 24.0 Å². The van der Waals surface area contributed by atoms with Gasteiger partial charge in [0.1, 0.15) is 0 Å². The molecular formula is C18H30BrIN4O2. The minimum absolute atomic E-state index is 0. The molecule has 0 spiro atoms. The molecule has 26 heavy (non-hydrogen) atoms. The third kappa shape index (κ3) is 11.0. The summed E-state index contributed by atoms with van der Waals surface area (Å²) >= 11 is 3.42. The zero-order chi connectivity index (χ0) is 18.5. The highest BCUT2D eigenvalue weighted by Crippen LogP contribution is 2.20. The van der Waals surface area contributed by atoms with Gasteiger partial charge >= 0.3 is 0 Å². The Morgan fingerprint density at radius 2 is 2.04 bits per heavy atom. The first-order valence-electron chi connectivity index (χ1n) is 8.72. The molecular weight excluding hydrogens is 511 g/mol. The van der Waals surface area contributed by atoms with E-state index < -0.39 is 0 Å². The Labute approximate surface area is 182 Å². The highest BCUT2D eigenvalue weighted by Gasteiger charge is 2.06. The molecule has 1 aromatic carbocycles. The standard InChI is InChI=1S/C18H29BrN4O2.HI/c1-4-20-18(21-10-6-12-25-5-2)22-11-9-17(24)23-16-13-15(19)8-7-14(16)3;/h7-8,13H,4-6,9-12H2,1-3H3,(H,23,24)(H2,20,21,22);1H. The number of halogens is 2. The molecule has 0 radical (unpaired) electrons. The lowest BCUT2D eigenvalue weighted by Crippen LogP contribution is -2.38. The van der Waals surface area contributed by atoms with E-state index in [4.69, 9.17) is 4.74 Å². The lowest BCUT2D eigenvalue weighted by atomic mass is 10.2. The van der Waals surface area contributed by atoms with E-state index in [1.54, 1.807) is 0 Å². The van der Waals surface area contributed by atoms with Crippen molar-refractivity contribution >= 4 is 57.5 Å². The van der Waals surface area contributed by atoms with Crippen LogP contribution in [0, 0.1) is 6.92 Å². The first-order chi connectivity index (χ1) is 12.1. The van der Waals surface area contributed by atoms with Gasteiger partial charge in [0.05, 0.1) is 0 Å². The second-order valence-electron chi connectivity index (χ2n) is 5.50. The number of guanidine groups is 1. The van der Waals surface area contributed by atoms with Gasteiger partial charge < -0.3 is 20.7 Å². The number of rotatable bonds is 10. The first kappa shape index (κ1) is 25.1. The lowest BCUT2D eigenvalue weighted by molar-refractivity contribution is -0.116. The van der Waals surface area contributed by atoms with E-state index in [2.05, 4.69) is 36.9 Å². The molecule has 148 valence electrons. The normalized spacial score (nSPS) is 10.8. The van der Waals surface area contributed by atoms with Crippen LogP contribution in [0.25, 0.3) is 0 Å². The van der Waals surface area contributed by atoms with Gasteiger partial charge in [-0.05, 0) is 44.9 Å². The molecule has 6 nitrogen and oxygen atoms in total. The fourth-order valence-electron chi connectivity index (χ4n) is 2.08.